The highest BCUT2D eigenvalue weighted by molar-refractivity contribution is 6.35. The minimum Gasteiger partial charge on any atom is -0.463 e. The second kappa shape index (κ2) is 7.00. The number of rotatable bonds is 5. The number of allylic oxidation sites excluding steroid dienone is 1. The van der Waals surface area contributed by atoms with Crippen LogP contribution in [0.15, 0.2) is 29.5 Å². The largest absolute Gasteiger partial charge is 0.463 e. The van der Waals surface area contributed by atoms with Gasteiger partial charge in [0.15, 0.2) is 0 Å². The first-order valence-electron chi connectivity index (χ1n) is 6.68. The lowest BCUT2D eigenvalue weighted by atomic mass is 10.2. The molecule has 1 N–H and O–H groups in total. The summed E-state index contributed by atoms with van der Waals surface area (Å²) >= 11 is 12.0. The van der Waals surface area contributed by atoms with Crippen LogP contribution in [0.1, 0.15) is 31.7 Å². The summed E-state index contributed by atoms with van der Waals surface area (Å²) in [7, 11) is 0. The average molecular weight is 314 g/mol. The molecule has 3 nitrogen and oxygen atoms in total. The molecule has 5 heteroatoms. The SMILES string of the molecule is CCOC(=O)C1=C(NCc2ccc(Cl)cc2Cl)CCC1. The van der Waals surface area contributed by atoms with E-state index >= 15 is 0 Å². The van der Waals surface area contributed by atoms with Gasteiger partial charge in [0, 0.05) is 22.3 Å². The van der Waals surface area contributed by atoms with Gasteiger partial charge in [-0.3, -0.25) is 0 Å². The zero-order chi connectivity index (χ0) is 14.5. The molecule has 20 heavy (non-hydrogen) atoms. The molecule has 0 radical (unpaired) electrons. The van der Waals surface area contributed by atoms with Crippen LogP contribution in [0.2, 0.25) is 10.0 Å². The van der Waals surface area contributed by atoms with Gasteiger partial charge in [-0.1, -0.05) is 29.3 Å². The molecule has 1 aromatic rings. The third-order valence-corrected chi connectivity index (χ3v) is 3.83. The summed E-state index contributed by atoms with van der Waals surface area (Å²) in [6.07, 6.45) is 2.62. The number of hydrogen-bond donors (Lipinski definition) is 1. The van der Waals surface area contributed by atoms with Crippen molar-refractivity contribution >= 4 is 29.2 Å². The van der Waals surface area contributed by atoms with E-state index in [2.05, 4.69) is 5.32 Å². The highest BCUT2D eigenvalue weighted by Gasteiger charge is 2.21. The summed E-state index contributed by atoms with van der Waals surface area (Å²) < 4.78 is 5.07. The zero-order valence-electron chi connectivity index (χ0n) is 11.3. The Labute approximate surface area is 128 Å². The predicted molar refractivity (Wildman–Crippen MR) is 80.8 cm³/mol. The highest BCUT2D eigenvalue weighted by atomic mass is 35.5. The maximum atomic E-state index is 11.8. The Bertz CT molecular complexity index is 541. The van der Waals surface area contributed by atoms with E-state index in [1.807, 2.05) is 13.0 Å². The Morgan fingerprint density at radius 1 is 1.35 bits per heavy atom. The lowest BCUT2D eigenvalue weighted by molar-refractivity contribution is -0.138. The van der Waals surface area contributed by atoms with E-state index in [0.717, 1.165) is 36.1 Å². The van der Waals surface area contributed by atoms with Gasteiger partial charge in [-0.15, -0.1) is 0 Å². The third-order valence-electron chi connectivity index (χ3n) is 3.25. The monoisotopic (exact) mass is 313 g/mol. The fourth-order valence-electron chi connectivity index (χ4n) is 2.25. The minimum absolute atomic E-state index is 0.213. The van der Waals surface area contributed by atoms with Crippen LogP contribution in [-0.2, 0) is 16.1 Å². The fraction of sp³-hybridized carbons (Fsp3) is 0.400. The van der Waals surface area contributed by atoms with Crippen molar-refractivity contribution in [2.24, 2.45) is 0 Å². The van der Waals surface area contributed by atoms with Crippen LogP contribution in [-0.4, -0.2) is 12.6 Å². The number of ether oxygens (including phenoxy) is 1. The Kier molecular flexibility index (Phi) is 5.32. The lowest BCUT2D eigenvalue weighted by Gasteiger charge is -2.11. The molecule has 0 atom stereocenters. The van der Waals surface area contributed by atoms with Crippen LogP contribution in [0.3, 0.4) is 0 Å². The van der Waals surface area contributed by atoms with E-state index in [-0.39, 0.29) is 5.97 Å². The third kappa shape index (κ3) is 3.68. The molecular formula is C15H17Cl2NO2. The summed E-state index contributed by atoms with van der Waals surface area (Å²) in [6, 6.07) is 5.41. The van der Waals surface area contributed by atoms with Gasteiger partial charge < -0.3 is 10.1 Å². The van der Waals surface area contributed by atoms with E-state index in [0.29, 0.717) is 23.2 Å². The van der Waals surface area contributed by atoms with E-state index in [1.54, 1.807) is 12.1 Å². The smallest absolute Gasteiger partial charge is 0.335 e. The summed E-state index contributed by atoms with van der Waals surface area (Å²) in [4.78, 5) is 11.8. The first-order valence-corrected chi connectivity index (χ1v) is 7.44. The first-order chi connectivity index (χ1) is 9.61. The van der Waals surface area contributed by atoms with Crippen molar-refractivity contribution in [1.82, 2.24) is 5.32 Å². The molecule has 0 spiro atoms. The van der Waals surface area contributed by atoms with Crippen LogP contribution in [0.4, 0.5) is 0 Å². The Hall–Kier alpha value is -1.19. The Balaban J connectivity index is 2.05. The van der Waals surface area contributed by atoms with Crippen LogP contribution in [0.25, 0.3) is 0 Å². The van der Waals surface area contributed by atoms with Crippen LogP contribution in [0.5, 0.6) is 0 Å². The van der Waals surface area contributed by atoms with Crippen LogP contribution in [0, 0.1) is 0 Å². The van der Waals surface area contributed by atoms with Crippen molar-refractivity contribution in [2.45, 2.75) is 32.7 Å². The standard InChI is InChI=1S/C15H17Cl2NO2/c1-2-20-15(19)12-4-3-5-14(12)18-9-10-6-7-11(16)8-13(10)17/h6-8,18H,2-5,9H2,1H3. The first kappa shape index (κ1) is 15.2. The van der Waals surface area contributed by atoms with Gasteiger partial charge in [0.1, 0.15) is 0 Å². The predicted octanol–water partition coefficient (Wildman–Crippen LogP) is 4.08. The van der Waals surface area contributed by atoms with Gasteiger partial charge in [0.05, 0.1) is 12.2 Å². The highest BCUT2D eigenvalue weighted by Crippen LogP contribution is 2.26. The van der Waals surface area contributed by atoms with E-state index in [4.69, 9.17) is 27.9 Å². The van der Waals surface area contributed by atoms with E-state index in [9.17, 15) is 4.79 Å². The summed E-state index contributed by atoms with van der Waals surface area (Å²) in [6.45, 7) is 2.79. The number of carbonyl (C=O) groups is 1. The van der Waals surface area contributed by atoms with Crippen molar-refractivity contribution < 1.29 is 9.53 Å². The number of carbonyl (C=O) groups excluding carboxylic acids is 1. The van der Waals surface area contributed by atoms with Crippen molar-refractivity contribution in [1.29, 1.82) is 0 Å². The summed E-state index contributed by atoms with van der Waals surface area (Å²) in [5.41, 5.74) is 2.69. The number of hydrogen-bond acceptors (Lipinski definition) is 3. The van der Waals surface area contributed by atoms with Gasteiger partial charge in [-0.2, -0.15) is 0 Å². The second-order valence-electron chi connectivity index (χ2n) is 4.62. The average Bonchev–Trinajstić information content (AvgIpc) is 2.86. The molecular weight excluding hydrogens is 297 g/mol. The molecule has 0 saturated heterocycles. The molecule has 0 bridgehead atoms. The van der Waals surface area contributed by atoms with E-state index < -0.39 is 0 Å². The molecule has 0 aromatic heterocycles. The molecule has 2 rings (SSSR count). The van der Waals surface area contributed by atoms with Gasteiger partial charge in [-0.05, 0) is 43.9 Å². The second-order valence-corrected chi connectivity index (χ2v) is 5.46. The molecule has 1 aliphatic carbocycles. The van der Waals surface area contributed by atoms with Crippen molar-refractivity contribution in [3.05, 3.63) is 45.1 Å². The molecule has 0 aliphatic heterocycles. The minimum atomic E-state index is -0.213. The zero-order valence-corrected chi connectivity index (χ0v) is 12.9. The Morgan fingerprint density at radius 3 is 2.85 bits per heavy atom. The van der Waals surface area contributed by atoms with Gasteiger partial charge in [0.25, 0.3) is 0 Å². The van der Waals surface area contributed by atoms with Crippen LogP contribution >= 0.6 is 23.2 Å². The lowest BCUT2D eigenvalue weighted by Crippen LogP contribution is -2.17. The van der Waals surface area contributed by atoms with Crippen molar-refractivity contribution in [3.63, 3.8) is 0 Å². The van der Waals surface area contributed by atoms with Crippen LogP contribution < -0.4 is 5.32 Å². The topological polar surface area (TPSA) is 38.3 Å². The van der Waals surface area contributed by atoms with Gasteiger partial charge in [0.2, 0.25) is 0 Å². The summed E-state index contributed by atoms with van der Waals surface area (Å²) in [5.74, 6) is -0.213. The number of benzene rings is 1. The molecule has 0 heterocycles. The summed E-state index contributed by atoms with van der Waals surface area (Å²) in [5, 5.41) is 4.54. The molecule has 1 aromatic carbocycles. The van der Waals surface area contributed by atoms with Gasteiger partial charge >= 0.3 is 5.97 Å². The Morgan fingerprint density at radius 2 is 2.15 bits per heavy atom. The van der Waals surface area contributed by atoms with E-state index in [1.165, 1.54) is 0 Å². The number of nitrogens with one attached hydrogen (secondary N) is 1. The molecule has 1 aliphatic rings. The molecule has 0 amide bonds. The maximum Gasteiger partial charge on any atom is 0.335 e. The maximum absolute atomic E-state index is 11.8. The van der Waals surface area contributed by atoms with Gasteiger partial charge in [-0.25, -0.2) is 4.79 Å². The number of halogens is 2. The molecule has 0 saturated carbocycles. The molecule has 0 unspecified atom stereocenters. The fourth-order valence-corrected chi connectivity index (χ4v) is 2.72. The quantitative estimate of drug-likeness (QED) is 0.832. The van der Waals surface area contributed by atoms with Crippen molar-refractivity contribution in [2.75, 3.05) is 6.61 Å². The molecule has 0 fully saturated rings. The normalized spacial score (nSPS) is 14.6. The number of esters is 1. The molecule has 108 valence electrons. The van der Waals surface area contributed by atoms with Crippen molar-refractivity contribution in [3.8, 4) is 0 Å².